The monoisotopic (exact) mass is 628 g/mol. The number of benzene rings is 5. The van der Waals surface area contributed by atoms with Crippen LogP contribution in [0, 0.1) is 36.2 Å². The molecule has 0 N–H and O–H groups in total. The zero-order valence-corrected chi connectivity index (χ0v) is 21.0. The van der Waals surface area contributed by atoms with Crippen LogP contribution in [0.2, 0.25) is 0 Å². The second kappa shape index (κ2) is 9.41. The molecule has 184 valence electrons. The summed E-state index contributed by atoms with van der Waals surface area (Å²) in [6.07, 6.45) is 0. The molecule has 0 aliphatic carbocycles. The van der Waals surface area contributed by atoms with Crippen molar-refractivity contribution in [1.82, 2.24) is 0 Å². The Labute approximate surface area is 210 Å². The standard InChI is InChI=1S/C26H14F5IO3S/c27-21-22(28)24(30)26(25(31)23(21)29)36(33,34)35-32(19-13-5-9-15-7-1-3-11-17(15)19)20-14-6-10-16-8-2-4-12-18(16)20/h1-14H. The number of hydrogen-bond acceptors (Lipinski definition) is 3. The fourth-order valence-corrected chi connectivity index (χ4v) is 11.6. The van der Waals surface area contributed by atoms with Gasteiger partial charge in [-0.15, -0.1) is 0 Å². The van der Waals surface area contributed by atoms with Crippen LogP contribution in [0.25, 0.3) is 21.5 Å². The summed E-state index contributed by atoms with van der Waals surface area (Å²) in [5, 5.41) is 2.81. The summed E-state index contributed by atoms with van der Waals surface area (Å²) in [5.74, 6) is -12.1. The van der Waals surface area contributed by atoms with Crippen molar-refractivity contribution in [3.05, 3.63) is 121 Å². The summed E-state index contributed by atoms with van der Waals surface area (Å²) in [7, 11) is -5.44. The Hall–Kier alpha value is -3.09. The molecule has 10 heteroatoms. The van der Waals surface area contributed by atoms with Crippen molar-refractivity contribution < 1.29 is 32.9 Å². The molecule has 3 nitrogen and oxygen atoms in total. The molecule has 0 fully saturated rings. The second-order valence-corrected chi connectivity index (χ2v) is 13.9. The molecular weight excluding hydrogens is 614 g/mol. The molecule has 0 aliphatic heterocycles. The summed E-state index contributed by atoms with van der Waals surface area (Å²) in [5.41, 5.74) is 0. The van der Waals surface area contributed by atoms with E-state index >= 15 is 0 Å². The van der Waals surface area contributed by atoms with Gasteiger partial charge in [-0.05, 0) is 0 Å². The normalized spacial score (nSPS) is 12.3. The van der Waals surface area contributed by atoms with Gasteiger partial charge in [0.15, 0.2) is 0 Å². The Morgan fingerprint density at radius 2 is 0.917 bits per heavy atom. The molecule has 0 atom stereocenters. The summed E-state index contributed by atoms with van der Waals surface area (Å²) >= 11 is -3.63. The van der Waals surface area contributed by atoms with E-state index < -0.39 is 64.3 Å². The predicted octanol–water partition coefficient (Wildman–Crippen LogP) is 7.55. The van der Waals surface area contributed by atoms with Crippen LogP contribution in [0.3, 0.4) is 0 Å². The third-order valence-corrected chi connectivity index (χ3v) is 13.0. The summed E-state index contributed by atoms with van der Waals surface area (Å²) in [6, 6.07) is 24.4. The van der Waals surface area contributed by atoms with Gasteiger partial charge in [-0.3, -0.25) is 0 Å². The van der Waals surface area contributed by atoms with Gasteiger partial charge >= 0.3 is 211 Å². The molecule has 0 spiro atoms. The van der Waals surface area contributed by atoms with E-state index in [1.54, 1.807) is 84.9 Å². The van der Waals surface area contributed by atoms with Crippen LogP contribution in [0.15, 0.2) is 89.8 Å². The molecule has 0 bridgehead atoms. The van der Waals surface area contributed by atoms with Crippen molar-refractivity contribution in [2.24, 2.45) is 0 Å². The third kappa shape index (κ3) is 4.12. The van der Waals surface area contributed by atoms with Gasteiger partial charge in [-0.1, -0.05) is 0 Å². The third-order valence-electron chi connectivity index (χ3n) is 5.41. The van der Waals surface area contributed by atoms with Gasteiger partial charge in [0.2, 0.25) is 0 Å². The van der Waals surface area contributed by atoms with Gasteiger partial charge in [0.1, 0.15) is 0 Å². The molecule has 5 aromatic rings. The van der Waals surface area contributed by atoms with Gasteiger partial charge < -0.3 is 0 Å². The van der Waals surface area contributed by atoms with E-state index in [1.165, 1.54) is 0 Å². The SMILES string of the molecule is O=S(=O)(OI(c1cccc2ccccc12)c1cccc2ccccc12)c1c(F)c(F)c(F)c(F)c1F. The maximum atomic E-state index is 14.5. The van der Waals surface area contributed by atoms with E-state index in [0.717, 1.165) is 10.8 Å². The van der Waals surface area contributed by atoms with Crippen LogP contribution in [0.5, 0.6) is 0 Å². The van der Waals surface area contributed by atoms with Gasteiger partial charge in [-0.25, -0.2) is 0 Å². The molecule has 36 heavy (non-hydrogen) atoms. The number of fused-ring (bicyclic) bond motifs is 2. The molecule has 0 radical (unpaired) electrons. The van der Waals surface area contributed by atoms with Gasteiger partial charge in [0.25, 0.3) is 0 Å². The molecule has 0 saturated carbocycles. The zero-order chi connectivity index (χ0) is 25.6. The fraction of sp³-hybridized carbons (Fsp3) is 0. The van der Waals surface area contributed by atoms with Crippen molar-refractivity contribution in [3.8, 4) is 0 Å². The van der Waals surface area contributed by atoms with Crippen LogP contribution in [0.1, 0.15) is 0 Å². The van der Waals surface area contributed by atoms with E-state index in [2.05, 4.69) is 0 Å². The number of hydrogen-bond donors (Lipinski definition) is 0. The van der Waals surface area contributed by atoms with E-state index in [4.69, 9.17) is 2.51 Å². The molecular formula is C26H14F5IO3S. The average Bonchev–Trinajstić information content (AvgIpc) is 2.89. The van der Waals surface area contributed by atoms with Crippen LogP contribution < -0.4 is 0 Å². The van der Waals surface area contributed by atoms with Gasteiger partial charge in [-0.2, -0.15) is 0 Å². The molecule has 0 aromatic heterocycles. The van der Waals surface area contributed by atoms with E-state index in [1.807, 2.05) is 0 Å². The Morgan fingerprint density at radius 1 is 0.528 bits per heavy atom. The molecule has 0 amide bonds. The van der Waals surface area contributed by atoms with Crippen LogP contribution in [-0.4, -0.2) is 8.42 Å². The fourth-order valence-electron chi connectivity index (χ4n) is 3.77. The molecule has 5 aromatic carbocycles. The van der Waals surface area contributed by atoms with Gasteiger partial charge in [0.05, 0.1) is 0 Å². The van der Waals surface area contributed by atoms with Crippen LogP contribution in [-0.2, 0) is 12.6 Å². The number of halogens is 6. The Bertz CT molecular complexity index is 1640. The van der Waals surface area contributed by atoms with Crippen molar-refractivity contribution in [3.63, 3.8) is 0 Å². The average molecular weight is 628 g/mol. The molecule has 0 aliphatic rings. The quantitative estimate of drug-likeness (QED) is 0.0874. The first-order valence-corrected chi connectivity index (χ1v) is 14.8. The molecule has 5 rings (SSSR count). The minimum atomic E-state index is -5.44. The zero-order valence-electron chi connectivity index (χ0n) is 18.0. The minimum absolute atomic E-state index is 0.473. The Kier molecular flexibility index (Phi) is 6.43. The van der Waals surface area contributed by atoms with Crippen molar-refractivity contribution in [2.45, 2.75) is 4.90 Å². The topological polar surface area (TPSA) is 43.4 Å². The predicted molar refractivity (Wildman–Crippen MR) is 134 cm³/mol. The summed E-state index contributed by atoms with van der Waals surface area (Å²) in [4.78, 5) is -2.01. The molecule has 0 saturated heterocycles. The van der Waals surface area contributed by atoms with Crippen molar-refractivity contribution in [2.75, 3.05) is 0 Å². The van der Waals surface area contributed by atoms with Crippen molar-refractivity contribution >= 4 is 51.9 Å². The van der Waals surface area contributed by atoms with Gasteiger partial charge in [0, 0.05) is 0 Å². The van der Waals surface area contributed by atoms with E-state index in [0.29, 0.717) is 17.9 Å². The van der Waals surface area contributed by atoms with Crippen molar-refractivity contribution in [1.29, 1.82) is 0 Å². The van der Waals surface area contributed by atoms with E-state index in [-0.39, 0.29) is 0 Å². The van der Waals surface area contributed by atoms with E-state index in [9.17, 15) is 30.4 Å². The summed E-state index contributed by atoms with van der Waals surface area (Å²) in [6.45, 7) is 0. The summed E-state index contributed by atoms with van der Waals surface area (Å²) < 4.78 is 103. The number of rotatable bonds is 5. The molecule has 0 heterocycles. The first kappa shape index (κ1) is 24.6. The second-order valence-electron chi connectivity index (χ2n) is 7.59. The Morgan fingerprint density at radius 3 is 1.39 bits per heavy atom. The first-order chi connectivity index (χ1) is 17.2. The maximum absolute atomic E-state index is 14.5. The Balaban J connectivity index is 1.78. The molecule has 0 unspecified atom stereocenters. The van der Waals surface area contributed by atoms with Crippen LogP contribution in [0.4, 0.5) is 22.0 Å². The first-order valence-electron chi connectivity index (χ1n) is 10.3. The van der Waals surface area contributed by atoms with Crippen LogP contribution >= 0.6 is 20.2 Å².